The lowest BCUT2D eigenvalue weighted by Gasteiger charge is -2.15. The van der Waals surface area contributed by atoms with E-state index in [1.54, 1.807) is 13.8 Å². The molecule has 0 bridgehead atoms. The van der Waals surface area contributed by atoms with Crippen molar-refractivity contribution in [2.24, 2.45) is 0 Å². The third-order valence-electron chi connectivity index (χ3n) is 0.734. The predicted molar refractivity (Wildman–Crippen MR) is 35.7 cm³/mol. The first kappa shape index (κ1) is 7.70. The average molecular weight is 114 g/mol. The molecule has 0 saturated carbocycles. The van der Waals surface area contributed by atoms with E-state index in [9.17, 15) is 0 Å². The van der Waals surface area contributed by atoms with Gasteiger partial charge in [-0.3, -0.25) is 0 Å². The molecule has 0 spiro atoms. The number of hydrogen-bond acceptors (Lipinski definition) is 1. The SMILES string of the molecule is C=C(C)CC(C)(C)O. The number of aliphatic hydroxyl groups is 1. The first-order valence-electron chi connectivity index (χ1n) is 2.78. The van der Waals surface area contributed by atoms with Crippen molar-refractivity contribution in [1.29, 1.82) is 0 Å². The molecule has 0 radical (unpaired) electrons. The van der Waals surface area contributed by atoms with E-state index < -0.39 is 5.60 Å². The summed E-state index contributed by atoms with van der Waals surface area (Å²) in [5.41, 5.74) is 0.448. The van der Waals surface area contributed by atoms with Crippen LogP contribution in [0.1, 0.15) is 27.2 Å². The van der Waals surface area contributed by atoms with Crippen LogP contribution in [0.25, 0.3) is 0 Å². The molecule has 0 aromatic carbocycles. The highest BCUT2D eigenvalue weighted by Gasteiger charge is 2.10. The summed E-state index contributed by atoms with van der Waals surface area (Å²) in [7, 11) is 0. The van der Waals surface area contributed by atoms with Crippen LogP contribution in [0, 0.1) is 0 Å². The highest BCUT2D eigenvalue weighted by Crippen LogP contribution is 2.12. The fraction of sp³-hybridized carbons (Fsp3) is 0.714. The molecule has 0 aliphatic rings. The number of hydrogen-bond donors (Lipinski definition) is 1. The van der Waals surface area contributed by atoms with Crippen LogP contribution >= 0.6 is 0 Å². The third kappa shape index (κ3) is 5.70. The molecule has 0 heterocycles. The van der Waals surface area contributed by atoms with Crippen molar-refractivity contribution in [3.63, 3.8) is 0 Å². The summed E-state index contributed by atoms with van der Waals surface area (Å²) < 4.78 is 0. The maximum absolute atomic E-state index is 9.13. The second-order valence-corrected chi connectivity index (χ2v) is 2.95. The molecule has 0 unspecified atom stereocenters. The van der Waals surface area contributed by atoms with Gasteiger partial charge in [-0.15, -0.1) is 6.58 Å². The monoisotopic (exact) mass is 114 g/mol. The molecule has 1 nitrogen and oxygen atoms in total. The van der Waals surface area contributed by atoms with Gasteiger partial charge >= 0.3 is 0 Å². The second kappa shape index (κ2) is 2.31. The van der Waals surface area contributed by atoms with Crippen molar-refractivity contribution in [2.45, 2.75) is 32.8 Å². The molecule has 0 fully saturated rings. The summed E-state index contributed by atoms with van der Waals surface area (Å²) in [6.07, 6.45) is 0.688. The van der Waals surface area contributed by atoms with Gasteiger partial charge < -0.3 is 5.11 Å². The van der Waals surface area contributed by atoms with Gasteiger partial charge in [-0.1, -0.05) is 5.57 Å². The molecule has 0 aliphatic carbocycles. The quantitative estimate of drug-likeness (QED) is 0.542. The van der Waals surface area contributed by atoms with Crippen LogP contribution in [0.3, 0.4) is 0 Å². The van der Waals surface area contributed by atoms with Crippen LogP contribution in [-0.4, -0.2) is 10.7 Å². The first-order valence-corrected chi connectivity index (χ1v) is 2.78. The van der Waals surface area contributed by atoms with Crippen molar-refractivity contribution in [3.8, 4) is 0 Å². The van der Waals surface area contributed by atoms with Crippen LogP contribution in [0.4, 0.5) is 0 Å². The Morgan fingerprint density at radius 3 is 2.00 bits per heavy atom. The Morgan fingerprint density at radius 1 is 1.62 bits per heavy atom. The zero-order valence-corrected chi connectivity index (χ0v) is 5.86. The summed E-state index contributed by atoms with van der Waals surface area (Å²) in [6.45, 7) is 9.15. The van der Waals surface area contributed by atoms with Gasteiger partial charge in [0.2, 0.25) is 0 Å². The maximum Gasteiger partial charge on any atom is 0.0628 e. The van der Waals surface area contributed by atoms with Crippen LogP contribution < -0.4 is 0 Å². The minimum absolute atomic E-state index is 0.578. The van der Waals surface area contributed by atoms with E-state index in [4.69, 9.17) is 5.11 Å². The lowest BCUT2D eigenvalue weighted by Crippen LogP contribution is -2.17. The maximum atomic E-state index is 9.13. The Bertz CT molecular complexity index is 87.1. The van der Waals surface area contributed by atoms with Gasteiger partial charge in [0, 0.05) is 0 Å². The fourth-order valence-electron chi connectivity index (χ4n) is 0.739. The van der Waals surface area contributed by atoms with E-state index >= 15 is 0 Å². The molecule has 0 aromatic heterocycles. The second-order valence-electron chi connectivity index (χ2n) is 2.95. The highest BCUT2D eigenvalue weighted by atomic mass is 16.3. The molecular weight excluding hydrogens is 100 g/mol. The Morgan fingerprint density at radius 2 is 2.00 bits per heavy atom. The summed E-state index contributed by atoms with van der Waals surface area (Å²) in [4.78, 5) is 0. The molecule has 0 amide bonds. The molecule has 48 valence electrons. The smallest absolute Gasteiger partial charge is 0.0628 e. The highest BCUT2D eigenvalue weighted by molar-refractivity contribution is 4.93. The van der Waals surface area contributed by atoms with Crippen LogP contribution in [0.15, 0.2) is 12.2 Å². The zero-order chi connectivity index (χ0) is 6.78. The molecular formula is C7H14O. The summed E-state index contributed by atoms with van der Waals surface area (Å²) in [5, 5.41) is 9.13. The largest absolute Gasteiger partial charge is 0.390 e. The minimum Gasteiger partial charge on any atom is -0.390 e. The molecule has 0 saturated heterocycles. The molecule has 0 aromatic rings. The van der Waals surface area contributed by atoms with Gasteiger partial charge in [0.05, 0.1) is 5.60 Å². The van der Waals surface area contributed by atoms with Crippen LogP contribution in [0.5, 0.6) is 0 Å². The van der Waals surface area contributed by atoms with Crippen molar-refractivity contribution in [2.75, 3.05) is 0 Å². The zero-order valence-electron chi connectivity index (χ0n) is 5.86. The summed E-state index contributed by atoms with van der Waals surface area (Å²) in [6, 6.07) is 0. The summed E-state index contributed by atoms with van der Waals surface area (Å²) in [5.74, 6) is 0. The normalized spacial score (nSPS) is 11.5. The first-order chi connectivity index (χ1) is 3.42. The van der Waals surface area contributed by atoms with Crippen LogP contribution in [-0.2, 0) is 0 Å². The topological polar surface area (TPSA) is 20.2 Å². The molecule has 0 rings (SSSR count). The van der Waals surface area contributed by atoms with Gasteiger partial charge in [0.1, 0.15) is 0 Å². The van der Waals surface area contributed by atoms with E-state index in [-0.39, 0.29) is 0 Å². The third-order valence-corrected chi connectivity index (χ3v) is 0.734. The Labute approximate surface area is 51.0 Å². The van der Waals surface area contributed by atoms with Crippen molar-refractivity contribution in [3.05, 3.63) is 12.2 Å². The Balaban J connectivity index is 3.55. The molecule has 8 heavy (non-hydrogen) atoms. The molecule has 0 aliphatic heterocycles. The Hall–Kier alpha value is -0.300. The van der Waals surface area contributed by atoms with E-state index in [0.717, 1.165) is 5.57 Å². The standard InChI is InChI=1S/C7H14O/c1-6(2)5-7(3,4)8/h8H,1,5H2,2-4H3. The molecule has 0 atom stereocenters. The van der Waals surface area contributed by atoms with E-state index in [2.05, 4.69) is 6.58 Å². The van der Waals surface area contributed by atoms with Crippen molar-refractivity contribution in [1.82, 2.24) is 0 Å². The fourth-order valence-corrected chi connectivity index (χ4v) is 0.739. The lowest BCUT2D eigenvalue weighted by molar-refractivity contribution is 0.0811. The lowest BCUT2D eigenvalue weighted by atomic mass is 10.0. The van der Waals surface area contributed by atoms with Crippen molar-refractivity contribution < 1.29 is 5.11 Å². The van der Waals surface area contributed by atoms with Gasteiger partial charge in [-0.2, -0.15) is 0 Å². The van der Waals surface area contributed by atoms with E-state index in [1.807, 2.05) is 6.92 Å². The van der Waals surface area contributed by atoms with Gasteiger partial charge in [-0.05, 0) is 27.2 Å². The summed E-state index contributed by atoms with van der Waals surface area (Å²) >= 11 is 0. The molecule has 1 heteroatoms. The van der Waals surface area contributed by atoms with Gasteiger partial charge in [-0.25, -0.2) is 0 Å². The average Bonchev–Trinajstić information content (AvgIpc) is 1.21. The molecule has 1 N–H and O–H groups in total. The van der Waals surface area contributed by atoms with Gasteiger partial charge in [0.25, 0.3) is 0 Å². The van der Waals surface area contributed by atoms with Crippen LogP contribution in [0.2, 0.25) is 0 Å². The van der Waals surface area contributed by atoms with Crippen molar-refractivity contribution >= 4 is 0 Å². The Kier molecular flexibility index (Phi) is 2.23. The number of rotatable bonds is 2. The minimum atomic E-state index is -0.578. The van der Waals surface area contributed by atoms with Gasteiger partial charge in [0.15, 0.2) is 0 Å². The predicted octanol–water partition coefficient (Wildman–Crippen LogP) is 1.72. The van der Waals surface area contributed by atoms with E-state index in [1.165, 1.54) is 0 Å². The van der Waals surface area contributed by atoms with E-state index in [0.29, 0.717) is 6.42 Å².